The molecule has 126 valence electrons. The van der Waals surface area contributed by atoms with E-state index >= 15 is 0 Å². The van der Waals surface area contributed by atoms with Crippen LogP contribution in [0.3, 0.4) is 0 Å². The number of carbonyl (C=O) groups excluding carboxylic acids is 1. The molecule has 1 aromatic carbocycles. The van der Waals surface area contributed by atoms with Crippen LogP contribution in [0.25, 0.3) is 0 Å². The Bertz CT molecular complexity index is 684. The van der Waals surface area contributed by atoms with Crippen molar-refractivity contribution >= 4 is 17.3 Å². The molecular formula is C17H20N4O3. The zero-order valence-corrected chi connectivity index (χ0v) is 13.5. The number of non-ortho nitro benzene ring substituents is 1. The number of nitriles is 1. The van der Waals surface area contributed by atoms with Crippen LogP contribution in [0.2, 0.25) is 0 Å². The van der Waals surface area contributed by atoms with Gasteiger partial charge in [-0.3, -0.25) is 14.9 Å². The third-order valence-corrected chi connectivity index (χ3v) is 4.91. The fourth-order valence-corrected chi connectivity index (χ4v) is 3.57. The van der Waals surface area contributed by atoms with Crippen LogP contribution in [0.15, 0.2) is 18.2 Å². The highest BCUT2D eigenvalue weighted by Crippen LogP contribution is 2.30. The van der Waals surface area contributed by atoms with Gasteiger partial charge in [0.25, 0.3) is 5.69 Å². The number of piperidine rings is 1. The van der Waals surface area contributed by atoms with E-state index in [4.69, 9.17) is 0 Å². The van der Waals surface area contributed by atoms with E-state index in [-0.39, 0.29) is 17.5 Å². The molecule has 7 nitrogen and oxygen atoms in total. The number of nitrogens with zero attached hydrogens (tertiary/aromatic N) is 4. The largest absolute Gasteiger partial charge is 0.370 e. The van der Waals surface area contributed by atoms with Gasteiger partial charge in [0.1, 0.15) is 6.07 Å². The van der Waals surface area contributed by atoms with Gasteiger partial charge in [-0.2, -0.15) is 5.26 Å². The maximum absolute atomic E-state index is 12.5. The first-order valence-electron chi connectivity index (χ1n) is 8.32. The number of carbonyl (C=O) groups is 1. The van der Waals surface area contributed by atoms with Gasteiger partial charge in [0.2, 0.25) is 5.91 Å². The second-order valence-corrected chi connectivity index (χ2v) is 6.36. The normalized spacial score (nSPS) is 18.5. The van der Waals surface area contributed by atoms with Gasteiger partial charge >= 0.3 is 0 Å². The number of hydrogen-bond donors (Lipinski definition) is 0. The summed E-state index contributed by atoms with van der Waals surface area (Å²) in [5.41, 5.74) is 0.957. The van der Waals surface area contributed by atoms with Crippen molar-refractivity contribution in [2.75, 3.05) is 31.1 Å². The Morgan fingerprint density at radius 2 is 1.88 bits per heavy atom. The zero-order chi connectivity index (χ0) is 17.1. The van der Waals surface area contributed by atoms with E-state index in [0.29, 0.717) is 18.7 Å². The van der Waals surface area contributed by atoms with E-state index in [1.54, 1.807) is 6.07 Å². The summed E-state index contributed by atoms with van der Waals surface area (Å²) in [6, 6.07) is 6.43. The number of benzene rings is 1. The molecule has 2 heterocycles. The third kappa shape index (κ3) is 3.18. The van der Waals surface area contributed by atoms with E-state index < -0.39 is 4.92 Å². The van der Waals surface area contributed by atoms with Gasteiger partial charge in [0, 0.05) is 44.2 Å². The Balaban J connectivity index is 1.67. The summed E-state index contributed by atoms with van der Waals surface area (Å²) in [7, 11) is 0. The molecule has 0 N–H and O–H groups in total. The molecule has 0 saturated carbocycles. The molecule has 2 aliphatic heterocycles. The molecule has 1 amide bonds. The van der Waals surface area contributed by atoms with Crippen LogP contribution < -0.4 is 4.90 Å². The summed E-state index contributed by atoms with van der Waals surface area (Å²) in [6.07, 6.45) is 3.71. The molecule has 2 fully saturated rings. The van der Waals surface area contributed by atoms with Crippen molar-refractivity contribution in [1.29, 1.82) is 5.26 Å². The van der Waals surface area contributed by atoms with Crippen LogP contribution in [0, 0.1) is 27.4 Å². The molecule has 1 aromatic rings. The van der Waals surface area contributed by atoms with E-state index in [1.807, 2.05) is 11.0 Å². The summed E-state index contributed by atoms with van der Waals surface area (Å²) in [6.45, 7) is 3.13. The van der Waals surface area contributed by atoms with E-state index in [2.05, 4.69) is 4.90 Å². The van der Waals surface area contributed by atoms with Crippen LogP contribution in [0.1, 0.15) is 31.2 Å². The zero-order valence-electron chi connectivity index (χ0n) is 13.5. The smallest absolute Gasteiger partial charge is 0.270 e. The Hall–Kier alpha value is -2.62. The van der Waals surface area contributed by atoms with Gasteiger partial charge in [-0.05, 0) is 31.7 Å². The maximum atomic E-state index is 12.5. The number of hydrogen-bond acceptors (Lipinski definition) is 5. The summed E-state index contributed by atoms with van der Waals surface area (Å²) in [5.74, 6) is 0.319. The van der Waals surface area contributed by atoms with Crippen molar-refractivity contribution in [2.45, 2.75) is 25.7 Å². The molecule has 0 unspecified atom stereocenters. The second kappa shape index (κ2) is 6.87. The molecule has 0 atom stereocenters. The second-order valence-electron chi connectivity index (χ2n) is 6.36. The summed E-state index contributed by atoms with van der Waals surface area (Å²) < 4.78 is 0. The summed E-state index contributed by atoms with van der Waals surface area (Å²) in [5, 5.41) is 20.1. The lowest BCUT2D eigenvalue weighted by Crippen LogP contribution is -2.41. The third-order valence-electron chi connectivity index (χ3n) is 4.91. The Kier molecular flexibility index (Phi) is 4.65. The Morgan fingerprint density at radius 1 is 1.21 bits per heavy atom. The number of nitro benzene ring substituents is 1. The number of anilines is 1. The molecule has 7 heteroatoms. The minimum atomic E-state index is -0.494. The van der Waals surface area contributed by atoms with Crippen molar-refractivity contribution in [3.05, 3.63) is 33.9 Å². The number of rotatable bonds is 3. The molecule has 0 spiro atoms. The molecule has 0 aromatic heterocycles. The highest BCUT2D eigenvalue weighted by Gasteiger charge is 2.30. The van der Waals surface area contributed by atoms with E-state index in [0.717, 1.165) is 44.5 Å². The minimum Gasteiger partial charge on any atom is -0.370 e. The van der Waals surface area contributed by atoms with Crippen molar-refractivity contribution in [2.24, 2.45) is 5.92 Å². The van der Waals surface area contributed by atoms with E-state index in [1.165, 1.54) is 12.1 Å². The molecule has 2 aliphatic rings. The van der Waals surface area contributed by atoms with Gasteiger partial charge in [0.15, 0.2) is 0 Å². The Labute approximate surface area is 140 Å². The lowest BCUT2D eigenvalue weighted by atomic mass is 9.94. The van der Waals surface area contributed by atoms with Crippen LogP contribution in [-0.2, 0) is 4.79 Å². The average Bonchev–Trinajstić information content (AvgIpc) is 3.15. The standard InChI is InChI=1S/C17H20N4O3/c18-12-14-11-15(21(23)24)3-4-16(14)19-9-5-13(6-10-19)17(22)20-7-1-2-8-20/h3-4,11,13H,1-2,5-10H2. The highest BCUT2D eigenvalue weighted by atomic mass is 16.6. The predicted octanol–water partition coefficient (Wildman–Crippen LogP) is 2.31. The predicted molar refractivity (Wildman–Crippen MR) is 88.6 cm³/mol. The van der Waals surface area contributed by atoms with Crippen LogP contribution in [-0.4, -0.2) is 41.9 Å². The monoisotopic (exact) mass is 328 g/mol. The summed E-state index contributed by atoms with van der Waals surface area (Å²) in [4.78, 5) is 26.8. The minimum absolute atomic E-state index is 0.0583. The lowest BCUT2D eigenvalue weighted by molar-refractivity contribution is -0.384. The van der Waals surface area contributed by atoms with Crippen LogP contribution in [0.4, 0.5) is 11.4 Å². The lowest BCUT2D eigenvalue weighted by Gasteiger charge is -2.34. The van der Waals surface area contributed by atoms with Crippen LogP contribution in [0.5, 0.6) is 0 Å². The number of nitro groups is 1. The molecule has 0 bridgehead atoms. The van der Waals surface area contributed by atoms with Gasteiger partial charge < -0.3 is 9.80 Å². The van der Waals surface area contributed by atoms with Crippen LogP contribution >= 0.6 is 0 Å². The van der Waals surface area contributed by atoms with Crippen molar-refractivity contribution in [1.82, 2.24) is 4.90 Å². The first-order chi connectivity index (χ1) is 11.6. The molecule has 3 rings (SSSR count). The highest BCUT2D eigenvalue weighted by molar-refractivity contribution is 5.79. The molecule has 0 radical (unpaired) electrons. The molecule has 2 saturated heterocycles. The van der Waals surface area contributed by atoms with Crippen molar-refractivity contribution in [3.8, 4) is 6.07 Å². The van der Waals surface area contributed by atoms with Gasteiger partial charge in [-0.25, -0.2) is 0 Å². The van der Waals surface area contributed by atoms with Crippen molar-refractivity contribution in [3.63, 3.8) is 0 Å². The molecule has 24 heavy (non-hydrogen) atoms. The van der Waals surface area contributed by atoms with Gasteiger partial charge in [-0.15, -0.1) is 0 Å². The van der Waals surface area contributed by atoms with Gasteiger partial charge in [-0.1, -0.05) is 0 Å². The average molecular weight is 328 g/mol. The Morgan fingerprint density at radius 3 is 2.46 bits per heavy atom. The van der Waals surface area contributed by atoms with E-state index in [9.17, 15) is 20.2 Å². The molecule has 0 aliphatic carbocycles. The number of likely N-dealkylation sites (tertiary alicyclic amines) is 1. The molecular weight excluding hydrogens is 308 g/mol. The fourth-order valence-electron chi connectivity index (χ4n) is 3.57. The first kappa shape index (κ1) is 16.2. The van der Waals surface area contributed by atoms with Gasteiger partial charge in [0.05, 0.1) is 16.2 Å². The first-order valence-corrected chi connectivity index (χ1v) is 8.32. The summed E-state index contributed by atoms with van der Waals surface area (Å²) >= 11 is 0. The SMILES string of the molecule is N#Cc1cc([N+](=O)[O-])ccc1N1CCC(C(=O)N2CCCC2)CC1. The van der Waals surface area contributed by atoms with Crippen molar-refractivity contribution < 1.29 is 9.72 Å². The quantitative estimate of drug-likeness (QED) is 0.627. The number of amides is 1. The fraction of sp³-hybridized carbons (Fsp3) is 0.529. The topological polar surface area (TPSA) is 90.5 Å². The maximum Gasteiger partial charge on any atom is 0.270 e.